The van der Waals surface area contributed by atoms with E-state index in [9.17, 15) is 10.1 Å². The molecule has 0 aliphatic rings. The van der Waals surface area contributed by atoms with Crippen LogP contribution >= 0.6 is 23.2 Å². The molecule has 0 bridgehead atoms. The molecule has 0 aliphatic carbocycles. The summed E-state index contributed by atoms with van der Waals surface area (Å²) in [5.74, 6) is 0. The topological polar surface area (TPSA) is 43.1 Å². The van der Waals surface area contributed by atoms with E-state index in [2.05, 4.69) is 0 Å². The zero-order chi connectivity index (χ0) is 15.2. The van der Waals surface area contributed by atoms with Gasteiger partial charge in [-0.1, -0.05) is 65.7 Å². The maximum absolute atomic E-state index is 10.7. The Balaban J connectivity index is 2.14. The number of hydrogen-bond acceptors (Lipinski definition) is 2. The Morgan fingerprint density at radius 3 is 2.24 bits per heavy atom. The first-order valence-electron chi connectivity index (χ1n) is 6.11. The summed E-state index contributed by atoms with van der Waals surface area (Å²) in [7, 11) is 0. The van der Waals surface area contributed by atoms with Gasteiger partial charge in [0.15, 0.2) is 0 Å². The van der Waals surface area contributed by atoms with Crippen molar-refractivity contribution < 1.29 is 4.92 Å². The van der Waals surface area contributed by atoms with Crippen molar-refractivity contribution in [3.63, 3.8) is 0 Å². The maximum atomic E-state index is 10.7. The molecule has 0 amide bonds. The number of allylic oxidation sites excluding steroid dienone is 2. The van der Waals surface area contributed by atoms with Gasteiger partial charge in [-0.25, -0.2) is 0 Å². The maximum Gasteiger partial charge on any atom is 0.270 e. The molecular formula is C16H11Cl2NO2. The van der Waals surface area contributed by atoms with Crippen molar-refractivity contribution in [2.24, 2.45) is 0 Å². The molecular weight excluding hydrogens is 309 g/mol. The van der Waals surface area contributed by atoms with Crippen LogP contribution in [0.1, 0.15) is 11.1 Å². The van der Waals surface area contributed by atoms with Crippen molar-refractivity contribution in [1.82, 2.24) is 0 Å². The van der Waals surface area contributed by atoms with Gasteiger partial charge in [0.1, 0.15) is 0 Å². The van der Waals surface area contributed by atoms with Gasteiger partial charge < -0.3 is 0 Å². The van der Waals surface area contributed by atoms with Gasteiger partial charge in [-0.15, -0.1) is 0 Å². The Morgan fingerprint density at radius 2 is 1.57 bits per heavy atom. The van der Waals surface area contributed by atoms with Crippen LogP contribution in [0.15, 0.2) is 54.6 Å². The first-order chi connectivity index (χ1) is 10.1. The normalized spacial score (nSPS) is 11.3. The number of nitro benzene ring substituents is 1. The molecule has 3 nitrogen and oxygen atoms in total. The monoisotopic (exact) mass is 319 g/mol. The standard InChI is InChI=1S/C16H11Cl2NO2/c17-15-9-4-10-16(18)14(15)8-2-1-5-12-6-3-7-13(11-12)19(20)21/h1-11H/b5-1+,8-2+. The quantitative estimate of drug-likeness (QED) is 0.416. The Kier molecular flexibility index (Phi) is 5.14. The molecule has 0 radical (unpaired) electrons. The first kappa shape index (κ1) is 15.3. The van der Waals surface area contributed by atoms with Crippen molar-refractivity contribution in [1.29, 1.82) is 0 Å². The van der Waals surface area contributed by atoms with Crippen LogP contribution in [-0.4, -0.2) is 4.92 Å². The molecule has 2 rings (SSSR count). The van der Waals surface area contributed by atoms with Crippen molar-refractivity contribution in [3.8, 4) is 0 Å². The molecule has 106 valence electrons. The minimum atomic E-state index is -0.420. The van der Waals surface area contributed by atoms with Gasteiger partial charge in [-0.3, -0.25) is 10.1 Å². The molecule has 5 heteroatoms. The van der Waals surface area contributed by atoms with E-state index in [1.165, 1.54) is 12.1 Å². The van der Waals surface area contributed by atoms with Crippen molar-refractivity contribution in [2.75, 3.05) is 0 Å². The Hall–Kier alpha value is -2.10. The van der Waals surface area contributed by atoms with Crippen LogP contribution in [-0.2, 0) is 0 Å². The first-order valence-corrected chi connectivity index (χ1v) is 6.87. The second-order valence-electron chi connectivity index (χ2n) is 4.21. The minimum absolute atomic E-state index is 0.0651. The SMILES string of the molecule is O=[N+]([O-])c1cccc(/C=C/C=C/c2c(Cl)cccc2Cl)c1. The highest BCUT2D eigenvalue weighted by Crippen LogP contribution is 2.25. The molecule has 21 heavy (non-hydrogen) atoms. The summed E-state index contributed by atoms with van der Waals surface area (Å²) in [5, 5.41) is 11.8. The predicted octanol–water partition coefficient (Wildman–Crippen LogP) is 5.63. The van der Waals surface area contributed by atoms with E-state index < -0.39 is 4.92 Å². The molecule has 2 aromatic carbocycles. The number of hydrogen-bond donors (Lipinski definition) is 0. The van der Waals surface area contributed by atoms with Crippen LogP contribution in [0.25, 0.3) is 12.2 Å². The number of rotatable bonds is 4. The van der Waals surface area contributed by atoms with Gasteiger partial charge in [-0.05, 0) is 17.7 Å². The highest BCUT2D eigenvalue weighted by molar-refractivity contribution is 6.37. The van der Waals surface area contributed by atoms with Gasteiger partial charge in [0.25, 0.3) is 5.69 Å². The lowest BCUT2D eigenvalue weighted by molar-refractivity contribution is -0.384. The third-order valence-electron chi connectivity index (χ3n) is 2.74. The molecule has 0 heterocycles. The van der Waals surface area contributed by atoms with E-state index in [0.29, 0.717) is 10.0 Å². The van der Waals surface area contributed by atoms with E-state index in [0.717, 1.165) is 11.1 Å². The predicted molar refractivity (Wildman–Crippen MR) is 87.6 cm³/mol. The molecule has 0 atom stereocenters. The van der Waals surface area contributed by atoms with Gasteiger partial charge in [0, 0.05) is 27.7 Å². The summed E-state index contributed by atoms with van der Waals surface area (Å²) in [6.45, 7) is 0. The van der Waals surface area contributed by atoms with Crippen LogP contribution < -0.4 is 0 Å². The molecule has 0 unspecified atom stereocenters. The molecule has 0 aliphatic heterocycles. The summed E-state index contributed by atoms with van der Waals surface area (Å²) in [6, 6.07) is 11.7. The van der Waals surface area contributed by atoms with Crippen molar-refractivity contribution in [3.05, 3.63) is 85.9 Å². The summed E-state index contributed by atoms with van der Waals surface area (Å²) >= 11 is 12.1. The van der Waals surface area contributed by atoms with Crippen LogP contribution in [0.3, 0.4) is 0 Å². The number of nitro groups is 1. The van der Waals surface area contributed by atoms with Gasteiger partial charge >= 0.3 is 0 Å². The largest absolute Gasteiger partial charge is 0.270 e. The van der Waals surface area contributed by atoms with E-state index in [-0.39, 0.29) is 5.69 Å². The highest BCUT2D eigenvalue weighted by atomic mass is 35.5. The second-order valence-corrected chi connectivity index (χ2v) is 5.02. The zero-order valence-electron chi connectivity index (χ0n) is 10.9. The van der Waals surface area contributed by atoms with Gasteiger partial charge in [0.2, 0.25) is 0 Å². The summed E-state index contributed by atoms with van der Waals surface area (Å²) in [4.78, 5) is 10.3. The van der Waals surface area contributed by atoms with Crippen LogP contribution in [0.5, 0.6) is 0 Å². The Bertz CT molecular complexity index is 704. The fourth-order valence-corrected chi connectivity index (χ4v) is 2.25. The summed E-state index contributed by atoms with van der Waals surface area (Å²) < 4.78 is 0. The zero-order valence-corrected chi connectivity index (χ0v) is 12.4. The molecule has 2 aromatic rings. The molecule has 0 saturated heterocycles. The van der Waals surface area contributed by atoms with Gasteiger partial charge in [-0.2, -0.15) is 0 Å². The molecule has 0 N–H and O–H groups in total. The molecule has 0 fully saturated rings. The third kappa shape index (κ3) is 4.18. The lowest BCUT2D eigenvalue weighted by Crippen LogP contribution is -1.87. The van der Waals surface area contributed by atoms with E-state index >= 15 is 0 Å². The fourth-order valence-electron chi connectivity index (χ4n) is 1.73. The van der Waals surface area contributed by atoms with E-state index in [4.69, 9.17) is 23.2 Å². The van der Waals surface area contributed by atoms with Crippen LogP contribution in [0.4, 0.5) is 5.69 Å². The van der Waals surface area contributed by atoms with E-state index in [1.807, 2.05) is 0 Å². The Labute approximate surface area is 132 Å². The van der Waals surface area contributed by atoms with Crippen LogP contribution in [0.2, 0.25) is 10.0 Å². The van der Waals surface area contributed by atoms with Gasteiger partial charge in [0.05, 0.1) is 4.92 Å². The highest BCUT2D eigenvalue weighted by Gasteiger charge is 2.03. The molecule has 0 aromatic heterocycles. The summed E-state index contributed by atoms with van der Waals surface area (Å²) in [6.07, 6.45) is 7.12. The molecule has 0 saturated carbocycles. The lowest BCUT2D eigenvalue weighted by Gasteiger charge is -1.99. The molecule has 0 spiro atoms. The lowest BCUT2D eigenvalue weighted by atomic mass is 10.1. The number of nitrogens with zero attached hydrogens (tertiary/aromatic N) is 1. The minimum Gasteiger partial charge on any atom is -0.258 e. The number of halogens is 2. The fraction of sp³-hybridized carbons (Fsp3) is 0. The third-order valence-corrected chi connectivity index (χ3v) is 3.40. The Morgan fingerprint density at radius 1 is 0.952 bits per heavy atom. The van der Waals surface area contributed by atoms with Crippen molar-refractivity contribution >= 4 is 41.0 Å². The van der Waals surface area contributed by atoms with Crippen molar-refractivity contribution in [2.45, 2.75) is 0 Å². The van der Waals surface area contributed by atoms with Crippen LogP contribution in [0, 0.1) is 10.1 Å². The number of non-ortho nitro benzene ring substituents is 1. The average Bonchev–Trinajstić information content (AvgIpc) is 2.46. The second kappa shape index (κ2) is 7.07. The average molecular weight is 320 g/mol. The smallest absolute Gasteiger partial charge is 0.258 e. The van der Waals surface area contributed by atoms with E-state index in [1.54, 1.807) is 54.6 Å². The summed E-state index contributed by atoms with van der Waals surface area (Å²) in [5.41, 5.74) is 1.55. The number of benzene rings is 2.